The largest absolute Gasteiger partial charge is 0.443 e. The number of hydrogen-bond donors (Lipinski definition) is 0. The van der Waals surface area contributed by atoms with Gasteiger partial charge in [0.05, 0.1) is 0 Å². The fourth-order valence-corrected chi connectivity index (χ4v) is 1.85. The second-order valence-electron chi connectivity index (χ2n) is 3.92. The van der Waals surface area contributed by atoms with E-state index in [1.807, 2.05) is 11.8 Å². The third kappa shape index (κ3) is 2.30. The van der Waals surface area contributed by atoms with Crippen LogP contribution >= 0.6 is 0 Å². The standard InChI is InChI=1S/C13H16N2O2/c1-3-7-15(4-2)13(16)10-5-6-12-11(8-10)14-9-17-12/h5-6,8-9H,3-4,7H2,1-2H3. The summed E-state index contributed by atoms with van der Waals surface area (Å²) in [5.41, 5.74) is 2.10. The average molecular weight is 232 g/mol. The van der Waals surface area contributed by atoms with Crippen LogP contribution in [0.4, 0.5) is 0 Å². The molecule has 0 aliphatic heterocycles. The van der Waals surface area contributed by atoms with E-state index in [0.29, 0.717) is 11.1 Å². The highest BCUT2D eigenvalue weighted by atomic mass is 16.3. The van der Waals surface area contributed by atoms with Crippen molar-refractivity contribution in [2.45, 2.75) is 20.3 Å². The molecule has 0 bridgehead atoms. The number of rotatable bonds is 4. The van der Waals surface area contributed by atoms with Crippen LogP contribution in [0.25, 0.3) is 11.1 Å². The van der Waals surface area contributed by atoms with Crippen LogP contribution in [-0.2, 0) is 0 Å². The number of hydrogen-bond acceptors (Lipinski definition) is 3. The molecule has 0 saturated heterocycles. The Labute approximate surface area is 100 Å². The molecule has 1 aromatic heterocycles. The van der Waals surface area contributed by atoms with Gasteiger partial charge in [0.1, 0.15) is 5.52 Å². The van der Waals surface area contributed by atoms with Crippen LogP contribution in [0.15, 0.2) is 29.0 Å². The minimum absolute atomic E-state index is 0.0549. The molecule has 90 valence electrons. The van der Waals surface area contributed by atoms with Gasteiger partial charge in [-0.25, -0.2) is 4.98 Å². The fourth-order valence-electron chi connectivity index (χ4n) is 1.85. The predicted molar refractivity (Wildman–Crippen MR) is 65.9 cm³/mol. The molecule has 2 rings (SSSR count). The highest BCUT2D eigenvalue weighted by Gasteiger charge is 2.14. The Balaban J connectivity index is 2.28. The summed E-state index contributed by atoms with van der Waals surface area (Å²) in [6, 6.07) is 5.35. The summed E-state index contributed by atoms with van der Waals surface area (Å²) in [6.45, 7) is 5.56. The highest BCUT2D eigenvalue weighted by Crippen LogP contribution is 2.15. The maximum Gasteiger partial charge on any atom is 0.253 e. The minimum atomic E-state index is 0.0549. The molecule has 0 atom stereocenters. The molecule has 4 heteroatoms. The second kappa shape index (κ2) is 4.99. The van der Waals surface area contributed by atoms with Crippen molar-refractivity contribution >= 4 is 17.0 Å². The lowest BCUT2D eigenvalue weighted by Crippen LogP contribution is -2.31. The summed E-state index contributed by atoms with van der Waals surface area (Å²) in [6.07, 6.45) is 2.36. The molecule has 2 aromatic rings. The van der Waals surface area contributed by atoms with Gasteiger partial charge in [0.15, 0.2) is 12.0 Å². The van der Waals surface area contributed by atoms with Crippen LogP contribution in [0.5, 0.6) is 0 Å². The molecule has 0 fully saturated rings. The predicted octanol–water partition coefficient (Wildman–Crippen LogP) is 2.70. The van der Waals surface area contributed by atoms with Crippen molar-refractivity contribution in [1.82, 2.24) is 9.88 Å². The fraction of sp³-hybridized carbons (Fsp3) is 0.385. The molecule has 0 aliphatic carbocycles. The molecule has 0 spiro atoms. The van der Waals surface area contributed by atoms with E-state index in [9.17, 15) is 4.79 Å². The summed E-state index contributed by atoms with van der Waals surface area (Å²) < 4.78 is 5.15. The maximum absolute atomic E-state index is 12.2. The van der Waals surface area contributed by atoms with E-state index < -0.39 is 0 Å². The van der Waals surface area contributed by atoms with Crippen molar-refractivity contribution in [1.29, 1.82) is 0 Å². The maximum atomic E-state index is 12.2. The molecule has 1 amide bonds. The minimum Gasteiger partial charge on any atom is -0.443 e. The van der Waals surface area contributed by atoms with E-state index in [2.05, 4.69) is 11.9 Å². The van der Waals surface area contributed by atoms with Gasteiger partial charge in [-0.1, -0.05) is 6.92 Å². The second-order valence-corrected chi connectivity index (χ2v) is 3.92. The molecular formula is C13H16N2O2. The quantitative estimate of drug-likeness (QED) is 0.814. The first kappa shape index (κ1) is 11.6. The summed E-state index contributed by atoms with van der Waals surface area (Å²) in [5, 5.41) is 0. The van der Waals surface area contributed by atoms with Crippen molar-refractivity contribution in [2.75, 3.05) is 13.1 Å². The first-order chi connectivity index (χ1) is 8.26. The Bertz CT molecular complexity index is 519. The summed E-state index contributed by atoms with van der Waals surface area (Å²) in [7, 11) is 0. The molecular weight excluding hydrogens is 216 g/mol. The van der Waals surface area contributed by atoms with Gasteiger partial charge in [0, 0.05) is 18.7 Å². The molecule has 0 aliphatic rings. The SMILES string of the molecule is CCCN(CC)C(=O)c1ccc2ocnc2c1. The van der Waals surface area contributed by atoms with Gasteiger partial charge in [0.25, 0.3) is 5.91 Å². The average Bonchev–Trinajstić information content (AvgIpc) is 2.82. The molecule has 1 heterocycles. The Morgan fingerprint density at radius 1 is 1.41 bits per heavy atom. The Kier molecular flexibility index (Phi) is 3.42. The smallest absolute Gasteiger partial charge is 0.253 e. The van der Waals surface area contributed by atoms with Crippen LogP contribution in [-0.4, -0.2) is 28.9 Å². The van der Waals surface area contributed by atoms with E-state index >= 15 is 0 Å². The van der Waals surface area contributed by atoms with Gasteiger partial charge in [-0.3, -0.25) is 4.79 Å². The Hall–Kier alpha value is -1.84. The molecule has 4 nitrogen and oxygen atoms in total. The van der Waals surface area contributed by atoms with Crippen molar-refractivity contribution < 1.29 is 9.21 Å². The number of carbonyl (C=O) groups is 1. The monoisotopic (exact) mass is 232 g/mol. The first-order valence-corrected chi connectivity index (χ1v) is 5.88. The zero-order chi connectivity index (χ0) is 12.3. The molecule has 0 unspecified atom stereocenters. The Morgan fingerprint density at radius 2 is 2.24 bits per heavy atom. The summed E-state index contributed by atoms with van der Waals surface area (Å²) in [5.74, 6) is 0.0549. The van der Waals surface area contributed by atoms with Crippen LogP contribution in [0.2, 0.25) is 0 Å². The summed E-state index contributed by atoms with van der Waals surface area (Å²) in [4.78, 5) is 18.1. The number of aromatic nitrogens is 1. The van der Waals surface area contributed by atoms with Gasteiger partial charge < -0.3 is 9.32 Å². The zero-order valence-corrected chi connectivity index (χ0v) is 10.1. The van der Waals surface area contributed by atoms with Gasteiger partial charge in [-0.2, -0.15) is 0 Å². The van der Waals surface area contributed by atoms with Crippen molar-refractivity contribution in [3.05, 3.63) is 30.2 Å². The van der Waals surface area contributed by atoms with E-state index in [0.717, 1.165) is 25.0 Å². The van der Waals surface area contributed by atoms with Gasteiger partial charge >= 0.3 is 0 Å². The Morgan fingerprint density at radius 3 is 2.94 bits per heavy atom. The molecule has 0 saturated carbocycles. The number of oxazole rings is 1. The number of amides is 1. The van der Waals surface area contributed by atoms with Crippen molar-refractivity contribution in [3.63, 3.8) is 0 Å². The summed E-state index contributed by atoms with van der Waals surface area (Å²) >= 11 is 0. The van der Waals surface area contributed by atoms with E-state index in [-0.39, 0.29) is 5.91 Å². The van der Waals surface area contributed by atoms with Crippen LogP contribution < -0.4 is 0 Å². The lowest BCUT2D eigenvalue weighted by molar-refractivity contribution is 0.0764. The number of benzene rings is 1. The van der Waals surface area contributed by atoms with Crippen LogP contribution in [0.1, 0.15) is 30.6 Å². The third-order valence-electron chi connectivity index (χ3n) is 2.74. The normalized spacial score (nSPS) is 10.7. The molecule has 0 N–H and O–H groups in total. The van der Waals surface area contributed by atoms with Crippen LogP contribution in [0.3, 0.4) is 0 Å². The topological polar surface area (TPSA) is 46.3 Å². The first-order valence-electron chi connectivity index (χ1n) is 5.88. The van der Waals surface area contributed by atoms with Gasteiger partial charge in [-0.15, -0.1) is 0 Å². The number of fused-ring (bicyclic) bond motifs is 1. The lowest BCUT2D eigenvalue weighted by Gasteiger charge is -2.19. The van der Waals surface area contributed by atoms with E-state index in [1.54, 1.807) is 18.2 Å². The number of nitrogens with zero attached hydrogens (tertiary/aromatic N) is 2. The van der Waals surface area contributed by atoms with E-state index in [1.165, 1.54) is 6.39 Å². The highest BCUT2D eigenvalue weighted by molar-refractivity contribution is 5.97. The third-order valence-corrected chi connectivity index (χ3v) is 2.74. The van der Waals surface area contributed by atoms with Crippen molar-refractivity contribution in [3.8, 4) is 0 Å². The van der Waals surface area contributed by atoms with Crippen molar-refractivity contribution in [2.24, 2.45) is 0 Å². The van der Waals surface area contributed by atoms with Crippen LogP contribution in [0, 0.1) is 0 Å². The number of carbonyl (C=O) groups excluding carboxylic acids is 1. The molecule has 17 heavy (non-hydrogen) atoms. The zero-order valence-electron chi connectivity index (χ0n) is 10.1. The molecule has 1 aromatic carbocycles. The van der Waals surface area contributed by atoms with E-state index in [4.69, 9.17) is 4.42 Å². The lowest BCUT2D eigenvalue weighted by atomic mass is 10.1. The van der Waals surface area contributed by atoms with Gasteiger partial charge in [-0.05, 0) is 31.5 Å². The van der Waals surface area contributed by atoms with Gasteiger partial charge in [0.2, 0.25) is 0 Å². The molecule has 0 radical (unpaired) electrons.